The average Bonchev–Trinajstić information content (AvgIpc) is 3.15. The lowest BCUT2D eigenvalue weighted by Gasteiger charge is -2.14. The molecule has 2 rings (SSSR count). The largest absolute Gasteiger partial charge is 0.419 e. The molecular weight excluding hydrogens is 342 g/mol. The predicted molar refractivity (Wildman–Crippen MR) is 69.2 cm³/mol. The Hall–Kier alpha value is -1.11. The van der Waals surface area contributed by atoms with E-state index in [1.54, 1.807) is 0 Å². The van der Waals surface area contributed by atoms with Crippen molar-refractivity contribution in [2.75, 3.05) is 11.9 Å². The van der Waals surface area contributed by atoms with Crippen molar-refractivity contribution in [3.05, 3.63) is 35.1 Å². The van der Waals surface area contributed by atoms with E-state index in [0.717, 1.165) is 25.0 Å². The number of halogens is 5. The molecule has 1 aromatic rings. The number of carbonyl (C=O) groups excluding carboxylic acids is 1. The van der Waals surface area contributed by atoms with E-state index < -0.39 is 29.0 Å². The van der Waals surface area contributed by atoms with Crippen LogP contribution in [0.4, 0.5) is 17.6 Å². The van der Waals surface area contributed by atoms with Crippen LogP contribution in [0.1, 0.15) is 28.8 Å². The van der Waals surface area contributed by atoms with Gasteiger partial charge in [0.05, 0.1) is 11.1 Å². The van der Waals surface area contributed by atoms with Crippen LogP contribution in [0.25, 0.3) is 0 Å². The molecule has 1 aliphatic rings. The molecule has 0 unspecified atom stereocenters. The van der Waals surface area contributed by atoms with Gasteiger partial charge in [-0.05, 0) is 30.4 Å². The Morgan fingerprint density at radius 1 is 1.35 bits per heavy atom. The van der Waals surface area contributed by atoms with Crippen LogP contribution >= 0.6 is 15.9 Å². The highest BCUT2D eigenvalue weighted by Crippen LogP contribution is 2.46. The first-order valence-corrected chi connectivity index (χ1v) is 7.11. The summed E-state index contributed by atoms with van der Waals surface area (Å²) in [4.78, 5) is 11.8. The minimum Gasteiger partial charge on any atom is -0.351 e. The quantitative estimate of drug-likeness (QED) is 0.648. The standard InChI is InChI=1S/C13H12BrF4NO/c14-6-12(4-5-12)7-19-11(20)8-2-1-3-9(10(8)15)13(16,17)18/h1-3H,4-7H2,(H,19,20). The molecule has 7 heteroatoms. The molecule has 1 aliphatic carbocycles. The maximum absolute atomic E-state index is 13.7. The molecule has 1 amide bonds. The molecule has 20 heavy (non-hydrogen) atoms. The van der Waals surface area contributed by atoms with Crippen LogP contribution in [0.5, 0.6) is 0 Å². The summed E-state index contributed by atoms with van der Waals surface area (Å²) in [5, 5.41) is 3.20. The van der Waals surface area contributed by atoms with Gasteiger partial charge in [-0.2, -0.15) is 13.2 Å². The third kappa shape index (κ3) is 3.13. The topological polar surface area (TPSA) is 29.1 Å². The van der Waals surface area contributed by atoms with Crippen LogP contribution in [-0.4, -0.2) is 17.8 Å². The predicted octanol–water partition coefficient (Wildman–Crippen LogP) is 3.75. The second-order valence-electron chi connectivity index (χ2n) is 4.98. The summed E-state index contributed by atoms with van der Waals surface area (Å²) < 4.78 is 51.4. The Morgan fingerprint density at radius 3 is 2.50 bits per heavy atom. The first-order chi connectivity index (χ1) is 9.29. The molecule has 2 nitrogen and oxygen atoms in total. The Labute approximate surface area is 121 Å². The highest BCUT2D eigenvalue weighted by molar-refractivity contribution is 9.09. The fourth-order valence-corrected chi connectivity index (χ4v) is 2.58. The normalized spacial score (nSPS) is 16.9. The third-order valence-electron chi connectivity index (χ3n) is 3.41. The van der Waals surface area contributed by atoms with Gasteiger partial charge in [-0.3, -0.25) is 4.79 Å². The Balaban J connectivity index is 2.14. The van der Waals surface area contributed by atoms with Crippen LogP contribution in [0, 0.1) is 11.2 Å². The smallest absolute Gasteiger partial charge is 0.351 e. The fourth-order valence-electron chi connectivity index (χ4n) is 1.82. The molecular formula is C13H12BrF4NO. The van der Waals surface area contributed by atoms with E-state index in [1.165, 1.54) is 0 Å². The lowest BCUT2D eigenvalue weighted by molar-refractivity contribution is -0.140. The zero-order chi connectivity index (χ0) is 15.0. The van der Waals surface area contributed by atoms with Gasteiger partial charge in [-0.1, -0.05) is 22.0 Å². The monoisotopic (exact) mass is 353 g/mol. The van der Waals surface area contributed by atoms with Crippen molar-refractivity contribution in [1.29, 1.82) is 0 Å². The van der Waals surface area contributed by atoms with Gasteiger partial charge in [-0.25, -0.2) is 4.39 Å². The lowest BCUT2D eigenvalue weighted by Crippen LogP contribution is -2.32. The Kier molecular flexibility index (Phi) is 4.09. The zero-order valence-corrected chi connectivity index (χ0v) is 11.9. The minimum atomic E-state index is -4.81. The summed E-state index contributed by atoms with van der Waals surface area (Å²) in [5.41, 5.74) is -2.04. The summed E-state index contributed by atoms with van der Waals surface area (Å²) in [7, 11) is 0. The molecule has 0 aromatic heterocycles. The van der Waals surface area contributed by atoms with E-state index >= 15 is 0 Å². The lowest BCUT2D eigenvalue weighted by atomic mass is 10.1. The number of hydrogen-bond donors (Lipinski definition) is 1. The van der Waals surface area contributed by atoms with Gasteiger partial charge in [-0.15, -0.1) is 0 Å². The van der Waals surface area contributed by atoms with E-state index in [9.17, 15) is 22.4 Å². The number of alkyl halides is 4. The van der Waals surface area contributed by atoms with Gasteiger partial charge in [0, 0.05) is 11.9 Å². The van der Waals surface area contributed by atoms with Gasteiger partial charge in [0.1, 0.15) is 5.82 Å². The Bertz CT molecular complexity index is 526. The molecule has 0 aliphatic heterocycles. The van der Waals surface area contributed by atoms with E-state index in [0.29, 0.717) is 17.9 Å². The van der Waals surface area contributed by atoms with Gasteiger partial charge in [0.15, 0.2) is 0 Å². The summed E-state index contributed by atoms with van der Waals surface area (Å²) in [6.45, 7) is 0.326. The van der Waals surface area contributed by atoms with Gasteiger partial charge >= 0.3 is 6.18 Å². The number of benzene rings is 1. The highest BCUT2D eigenvalue weighted by atomic mass is 79.9. The highest BCUT2D eigenvalue weighted by Gasteiger charge is 2.42. The molecule has 1 N–H and O–H groups in total. The van der Waals surface area contributed by atoms with Gasteiger partial charge in [0.2, 0.25) is 0 Å². The van der Waals surface area contributed by atoms with E-state index in [4.69, 9.17) is 0 Å². The summed E-state index contributed by atoms with van der Waals surface area (Å²) in [6, 6.07) is 2.69. The van der Waals surface area contributed by atoms with Gasteiger partial charge in [0.25, 0.3) is 5.91 Å². The zero-order valence-electron chi connectivity index (χ0n) is 10.4. The molecule has 1 aromatic carbocycles. The second kappa shape index (κ2) is 5.35. The molecule has 0 heterocycles. The maximum Gasteiger partial charge on any atom is 0.419 e. The van der Waals surface area contributed by atoms with Crippen LogP contribution < -0.4 is 5.32 Å². The molecule has 0 atom stereocenters. The summed E-state index contributed by atoms with van der Waals surface area (Å²) >= 11 is 3.32. The van der Waals surface area contributed by atoms with Crippen molar-refractivity contribution in [1.82, 2.24) is 5.32 Å². The van der Waals surface area contributed by atoms with Gasteiger partial charge < -0.3 is 5.32 Å². The van der Waals surface area contributed by atoms with Crippen molar-refractivity contribution < 1.29 is 22.4 Å². The number of amides is 1. The third-order valence-corrected chi connectivity index (χ3v) is 4.60. The van der Waals surface area contributed by atoms with Crippen LogP contribution in [0.2, 0.25) is 0 Å². The average molecular weight is 354 g/mol. The van der Waals surface area contributed by atoms with E-state index in [-0.39, 0.29) is 5.41 Å². The van der Waals surface area contributed by atoms with Crippen LogP contribution in [-0.2, 0) is 6.18 Å². The van der Waals surface area contributed by atoms with Crippen molar-refractivity contribution in [2.24, 2.45) is 5.41 Å². The van der Waals surface area contributed by atoms with Crippen molar-refractivity contribution in [3.63, 3.8) is 0 Å². The first-order valence-electron chi connectivity index (χ1n) is 5.99. The number of rotatable bonds is 4. The first kappa shape index (κ1) is 15.3. The molecule has 0 spiro atoms. The molecule has 0 radical (unpaired) electrons. The molecule has 0 saturated heterocycles. The van der Waals surface area contributed by atoms with Crippen LogP contribution in [0.3, 0.4) is 0 Å². The van der Waals surface area contributed by atoms with Crippen LogP contribution in [0.15, 0.2) is 18.2 Å². The number of hydrogen-bond acceptors (Lipinski definition) is 1. The number of carbonyl (C=O) groups is 1. The minimum absolute atomic E-state index is 0.0340. The fraction of sp³-hybridized carbons (Fsp3) is 0.462. The van der Waals surface area contributed by atoms with Crippen molar-refractivity contribution in [2.45, 2.75) is 19.0 Å². The second-order valence-corrected chi connectivity index (χ2v) is 5.54. The molecule has 110 valence electrons. The molecule has 0 bridgehead atoms. The summed E-state index contributed by atoms with van der Waals surface area (Å²) in [6.07, 6.45) is -2.94. The Morgan fingerprint density at radius 2 is 2.00 bits per heavy atom. The SMILES string of the molecule is O=C(NCC1(CBr)CC1)c1cccc(C(F)(F)F)c1F. The van der Waals surface area contributed by atoms with E-state index in [2.05, 4.69) is 21.2 Å². The molecule has 1 fully saturated rings. The summed E-state index contributed by atoms with van der Waals surface area (Å²) in [5.74, 6) is -2.35. The number of nitrogens with one attached hydrogen (secondary N) is 1. The van der Waals surface area contributed by atoms with Crippen molar-refractivity contribution in [3.8, 4) is 0 Å². The molecule has 1 saturated carbocycles. The maximum atomic E-state index is 13.7. The van der Waals surface area contributed by atoms with Crippen molar-refractivity contribution >= 4 is 21.8 Å². The van der Waals surface area contributed by atoms with E-state index in [1.807, 2.05) is 0 Å².